The highest BCUT2D eigenvalue weighted by Gasteiger charge is 2.52. The fourth-order valence-electron chi connectivity index (χ4n) is 11.3. The summed E-state index contributed by atoms with van der Waals surface area (Å²) in [5, 5.41) is 0. The van der Waals surface area contributed by atoms with Crippen LogP contribution in [-0.4, -0.2) is 0 Å². The van der Waals surface area contributed by atoms with E-state index < -0.39 is 5.41 Å². The highest BCUT2D eigenvalue weighted by molar-refractivity contribution is 7.98. The summed E-state index contributed by atoms with van der Waals surface area (Å²) in [5.41, 5.74) is 24.7. The monoisotopic (exact) mass is 860 g/mol. The number of hydrogen-bond donors (Lipinski definition) is 0. The van der Waals surface area contributed by atoms with Crippen molar-refractivity contribution in [1.82, 2.24) is 0 Å². The molecule has 0 fully saturated rings. The smallest absolute Gasteiger partial charge is 0.0725 e. The van der Waals surface area contributed by atoms with Crippen molar-refractivity contribution in [2.75, 3.05) is 9.80 Å². The number of thioether (sulfide) groups is 1. The number of anilines is 6. The summed E-state index contributed by atoms with van der Waals surface area (Å²) < 4.78 is 0. The third-order valence-corrected chi connectivity index (χ3v) is 15.0. The summed E-state index contributed by atoms with van der Waals surface area (Å²) in [6.45, 7) is 0. The molecule has 0 N–H and O–H groups in total. The van der Waals surface area contributed by atoms with Gasteiger partial charge in [-0.3, -0.25) is 0 Å². The van der Waals surface area contributed by atoms with Crippen molar-refractivity contribution >= 4 is 45.9 Å². The van der Waals surface area contributed by atoms with Gasteiger partial charge >= 0.3 is 0 Å². The molecule has 66 heavy (non-hydrogen) atoms. The first-order valence-corrected chi connectivity index (χ1v) is 24.0. The molecule has 312 valence electrons. The Morgan fingerprint density at radius 3 is 1.45 bits per heavy atom. The molecule has 1 spiro atoms. The molecule has 2 nitrogen and oxygen atoms in total. The number of para-hydroxylation sites is 2. The summed E-state index contributed by atoms with van der Waals surface area (Å²) in [7, 11) is 0. The maximum Gasteiger partial charge on any atom is 0.0725 e. The predicted molar refractivity (Wildman–Crippen MR) is 278 cm³/mol. The zero-order valence-corrected chi connectivity index (χ0v) is 37.1. The Hall–Kier alpha value is -7.85. The van der Waals surface area contributed by atoms with E-state index in [9.17, 15) is 0 Å². The normalized spacial score (nSPS) is 13.4. The number of rotatable bonds is 8. The van der Waals surface area contributed by atoms with Crippen molar-refractivity contribution in [3.63, 3.8) is 0 Å². The molecule has 0 atom stereocenters. The third kappa shape index (κ3) is 5.90. The number of fused-ring (bicyclic) bond motifs is 11. The van der Waals surface area contributed by atoms with Crippen molar-refractivity contribution in [2.45, 2.75) is 16.9 Å². The van der Waals surface area contributed by atoms with Crippen LogP contribution in [0.15, 0.2) is 243 Å². The lowest BCUT2D eigenvalue weighted by Crippen LogP contribution is -2.26. The minimum absolute atomic E-state index is 0.461. The first-order chi connectivity index (χ1) is 32.8. The quantitative estimate of drug-likeness (QED) is 0.150. The summed E-state index contributed by atoms with van der Waals surface area (Å²) in [5.74, 6) is 2.01. The van der Waals surface area contributed by atoms with Gasteiger partial charge in [0.2, 0.25) is 0 Å². The fourth-order valence-corrected chi connectivity index (χ4v) is 12.4. The molecule has 3 heteroatoms. The van der Waals surface area contributed by atoms with Crippen LogP contribution in [0, 0.1) is 0 Å². The molecule has 0 unspecified atom stereocenters. The molecule has 10 aromatic carbocycles. The van der Waals surface area contributed by atoms with E-state index in [-0.39, 0.29) is 0 Å². The van der Waals surface area contributed by atoms with Crippen LogP contribution in [0.1, 0.15) is 33.4 Å². The molecular formula is C63H44N2S. The summed E-state index contributed by atoms with van der Waals surface area (Å²) in [6, 6.07) is 89.8. The Morgan fingerprint density at radius 2 is 0.803 bits per heavy atom. The SMILES string of the molecule is c1ccc(-c2cccc(N(c3ccc(N(c4ccccc4)c4ccccc4)cc3)c3ccc4c(c3-c3cccc5c3CSC5)-c3ccccc3C43c4ccccc4-c4ccccc43)c2)cc1. The largest absolute Gasteiger partial charge is 0.311 e. The zero-order valence-electron chi connectivity index (χ0n) is 36.3. The van der Waals surface area contributed by atoms with Gasteiger partial charge in [0, 0.05) is 45.5 Å². The Labute approximate surface area is 391 Å². The molecule has 0 bridgehead atoms. The Kier molecular flexibility index (Phi) is 9.18. The lowest BCUT2D eigenvalue weighted by molar-refractivity contribution is 0.794. The van der Waals surface area contributed by atoms with Crippen molar-refractivity contribution < 1.29 is 0 Å². The van der Waals surface area contributed by atoms with E-state index >= 15 is 0 Å². The minimum Gasteiger partial charge on any atom is -0.311 e. The molecule has 0 saturated carbocycles. The van der Waals surface area contributed by atoms with Gasteiger partial charge in [0.15, 0.2) is 0 Å². The van der Waals surface area contributed by atoms with Gasteiger partial charge in [-0.05, 0) is 139 Å². The molecule has 0 aromatic heterocycles. The van der Waals surface area contributed by atoms with Crippen LogP contribution in [0.2, 0.25) is 0 Å². The number of benzene rings is 10. The molecule has 3 aliphatic rings. The van der Waals surface area contributed by atoms with E-state index in [0.717, 1.165) is 45.6 Å². The van der Waals surface area contributed by atoms with Gasteiger partial charge in [0.25, 0.3) is 0 Å². The predicted octanol–water partition coefficient (Wildman–Crippen LogP) is 17.1. The summed E-state index contributed by atoms with van der Waals surface area (Å²) in [4.78, 5) is 4.86. The van der Waals surface area contributed by atoms with Crippen LogP contribution in [0.25, 0.3) is 44.5 Å². The van der Waals surface area contributed by atoms with E-state index in [0.29, 0.717) is 0 Å². The lowest BCUT2D eigenvalue weighted by atomic mass is 9.70. The minimum atomic E-state index is -0.461. The molecule has 1 aliphatic heterocycles. The van der Waals surface area contributed by atoms with E-state index in [2.05, 4.69) is 252 Å². The Morgan fingerprint density at radius 1 is 0.318 bits per heavy atom. The van der Waals surface area contributed by atoms with E-state index in [1.54, 1.807) is 0 Å². The third-order valence-electron chi connectivity index (χ3n) is 14.0. The van der Waals surface area contributed by atoms with Gasteiger partial charge in [-0.2, -0.15) is 11.8 Å². The average molecular weight is 861 g/mol. The van der Waals surface area contributed by atoms with Crippen molar-refractivity contribution in [3.05, 3.63) is 276 Å². The van der Waals surface area contributed by atoms with Crippen LogP contribution in [0.5, 0.6) is 0 Å². The fraction of sp³-hybridized carbons (Fsp3) is 0.0476. The maximum absolute atomic E-state index is 2.52. The van der Waals surface area contributed by atoms with Gasteiger partial charge in [-0.1, -0.05) is 176 Å². The second-order valence-electron chi connectivity index (χ2n) is 17.5. The Bertz CT molecular complexity index is 3370. The topological polar surface area (TPSA) is 6.48 Å². The van der Waals surface area contributed by atoms with E-state index in [1.165, 1.54) is 77.9 Å². The standard InChI is InChI=1S/C63H44N2S/c1-4-18-43(19-5-1)44-20-16-26-50(40-44)65(49-36-34-48(35-37-49)64(46-22-6-2-7-23-46)47-24-8-3-9-25-47)60-39-38-59-61(62(60)53-30-17-21-45-41-66-42-55(45)53)54-29-12-15-33-58(54)63(59)56-31-13-10-27-51(56)52-28-11-14-32-57(52)63/h1-40H,41-42H2. The van der Waals surface area contributed by atoms with Crippen LogP contribution in [0.4, 0.5) is 34.1 Å². The molecule has 13 rings (SSSR count). The van der Waals surface area contributed by atoms with Gasteiger partial charge in [0.05, 0.1) is 11.1 Å². The van der Waals surface area contributed by atoms with E-state index in [4.69, 9.17) is 0 Å². The van der Waals surface area contributed by atoms with Crippen LogP contribution >= 0.6 is 11.8 Å². The van der Waals surface area contributed by atoms with Crippen LogP contribution in [-0.2, 0) is 16.9 Å². The molecule has 0 saturated heterocycles. The van der Waals surface area contributed by atoms with Gasteiger partial charge in [-0.25, -0.2) is 0 Å². The average Bonchev–Trinajstić information content (AvgIpc) is 4.08. The van der Waals surface area contributed by atoms with Gasteiger partial charge < -0.3 is 9.80 Å². The molecule has 0 amide bonds. The number of nitrogens with zero attached hydrogens (tertiary/aromatic N) is 2. The summed E-state index contributed by atoms with van der Waals surface area (Å²) in [6.07, 6.45) is 0. The van der Waals surface area contributed by atoms with Crippen molar-refractivity contribution in [2.24, 2.45) is 0 Å². The zero-order chi connectivity index (χ0) is 43.6. The lowest BCUT2D eigenvalue weighted by Gasteiger charge is -2.33. The van der Waals surface area contributed by atoms with Gasteiger partial charge in [0.1, 0.15) is 0 Å². The molecular weight excluding hydrogens is 817 g/mol. The van der Waals surface area contributed by atoms with Crippen LogP contribution in [0.3, 0.4) is 0 Å². The van der Waals surface area contributed by atoms with Crippen LogP contribution < -0.4 is 9.80 Å². The van der Waals surface area contributed by atoms with Crippen molar-refractivity contribution in [1.29, 1.82) is 0 Å². The summed E-state index contributed by atoms with van der Waals surface area (Å²) >= 11 is 2.02. The van der Waals surface area contributed by atoms with Crippen molar-refractivity contribution in [3.8, 4) is 44.5 Å². The van der Waals surface area contributed by atoms with Gasteiger partial charge in [-0.15, -0.1) is 0 Å². The highest BCUT2D eigenvalue weighted by atomic mass is 32.2. The Balaban J connectivity index is 1.10. The van der Waals surface area contributed by atoms with E-state index in [1.807, 2.05) is 11.8 Å². The first-order valence-electron chi connectivity index (χ1n) is 22.9. The number of hydrogen-bond acceptors (Lipinski definition) is 3. The second-order valence-corrected chi connectivity index (χ2v) is 18.5. The maximum atomic E-state index is 2.52. The molecule has 10 aromatic rings. The highest BCUT2D eigenvalue weighted by Crippen LogP contribution is 2.65. The molecule has 1 heterocycles. The molecule has 0 radical (unpaired) electrons. The first kappa shape index (κ1) is 38.6. The second kappa shape index (κ2) is 15.7. The molecule has 2 aliphatic carbocycles.